The van der Waals surface area contributed by atoms with E-state index >= 15 is 0 Å². The van der Waals surface area contributed by atoms with Gasteiger partial charge in [0.05, 0.1) is 5.25 Å². The summed E-state index contributed by atoms with van der Waals surface area (Å²) in [6.07, 6.45) is 4.28. The smallest absolute Gasteiger partial charge is 0.318 e. The first-order valence-electron chi connectivity index (χ1n) is 7.13. The van der Waals surface area contributed by atoms with Gasteiger partial charge in [0.25, 0.3) is 0 Å². The standard InChI is InChI=1S/C14H18N6O2S/c1-3-8-20-11(10-4-6-16-7-5-10)18-19-14(20)23-9(2)12(21)17-13(15)22/h4-7,9H,3,8H2,1-2H3,(H3,15,17,21,22). The number of primary amides is 1. The molecule has 0 aliphatic heterocycles. The molecule has 0 fully saturated rings. The zero-order chi connectivity index (χ0) is 16.8. The number of nitrogens with one attached hydrogen (secondary N) is 1. The Hall–Kier alpha value is -2.42. The van der Waals surface area contributed by atoms with Crippen molar-refractivity contribution in [2.24, 2.45) is 5.73 Å². The van der Waals surface area contributed by atoms with Crippen LogP contribution < -0.4 is 11.1 Å². The van der Waals surface area contributed by atoms with Crippen molar-refractivity contribution in [3.05, 3.63) is 24.5 Å². The van der Waals surface area contributed by atoms with Gasteiger partial charge in [-0.3, -0.25) is 15.1 Å². The summed E-state index contributed by atoms with van der Waals surface area (Å²) < 4.78 is 1.95. The summed E-state index contributed by atoms with van der Waals surface area (Å²) in [6, 6.07) is 2.84. The predicted octanol–water partition coefficient (Wildman–Crippen LogP) is 1.43. The van der Waals surface area contributed by atoms with Gasteiger partial charge in [0, 0.05) is 24.5 Å². The molecule has 2 aromatic heterocycles. The number of carbonyl (C=O) groups is 2. The van der Waals surface area contributed by atoms with E-state index in [0.717, 1.165) is 24.4 Å². The quantitative estimate of drug-likeness (QED) is 0.772. The van der Waals surface area contributed by atoms with Gasteiger partial charge in [0.1, 0.15) is 0 Å². The summed E-state index contributed by atoms with van der Waals surface area (Å²) in [7, 11) is 0. The van der Waals surface area contributed by atoms with E-state index in [1.807, 2.05) is 23.6 Å². The Morgan fingerprint density at radius 1 is 1.35 bits per heavy atom. The van der Waals surface area contributed by atoms with Crippen LogP contribution in [0.15, 0.2) is 29.7 Å². The van der Waals surface area contributed by atoms with E-state index in [1.165, 1.54) is 11.8 Å². The number of urea groups is 1. The number of hydrogen-bond acceptors (Lipinski definition) is 6. The average Bonchev–Trinajstić information content (AvgIpc) is 2.90. The molecular weight excluding hydrogens is 316 g/mol. The van der Waals surface area contributed by atoms with Crippen LogP contribution in [-0.4, -0.2) is 36.9 Å². The second kappa shape index (κ2) is 7.73. The highest BCUT2D eigenvalue weighted by molar-refractivity contribution is 8.00. The lowest BCUT2D eigenvalue weighted by atomic mass is 10.2. The van der Waals surface area contributed by atoms with Gasteiger partial charge < -0.3 is 10.3 Å². The maximum atomic E-state index is 11.8. The molecule has 3 amide bonds. The predicted molar refractivity (Wildman–Crippen MR) is 86.6 cm³/mol. The van der Waals surface area contributed by atoms with Crippen LogP contribution >= 0.6 is 11.8 Å². The number of amides is 3. The Bertz CT molecular complexity index is 688. The molecule has 0 aliphatic carbocycles. The zero-order valence-electron chi connectivity index (χ0n) is 12.9. The van der Waals surface area contributed by atoms with Gasteiger partial charge in [-0.05, 0) is 25.5 Å². The van der Waals surface area contributed by atoms with E-state index < -0.39 is 17.2 Å². The lowest BCUT2D eigenvalue weighted by Crippen LogP contribution is -2.39. The van der Waals surface area contributed by atoms with E-state index in [4.69, 9.17) is 5.73 Å². The topological polar surface area (TPSA) is 116 Å². The van der Waals surface area contributed by atoms with Gasteiger partial charge in [-0.25, -0.2) is 4.79 Å². The molecule has 0 spiro atoms. The monoisotopic (exact) mass is 334 g/mol. The molecule has 0 aromatic carbocycles. The summed E-state index contributed by atoms with van der Waals surface area (Å²) in [4.78, 5) is 26.6. The molecule has 1 unspecified atom stereocenters. The second-order valence-corrected chi connectivity index (χ2v) is 6.12. The minimum Gasteiger partial charge on any atom is -0.351 e. The lowest BCUT2D eigenvalue weighted by Gasteiger charge is -2.12. The summed E-state index contributed by atoms with van der Waals surface area (Å²) >= 11 is 1.23. The van der Waals surface area contributed by atoms with Crippen molar-refractivity contribution in [2.45, 2.75) is 37.2 Å². The van der Waals surface area contributed by atoms with Crippen molar-refractivity contribution in [1.82, 2.24) is 25.1 Å². The van der Waals surface area contributed by atoms with Crippen LogP contribution in [0.2, 0.25) is 0 Å². The van der Waals surface area contributed by atoms with Gasteiger partial charge in [-0.1, -0.05) is 18.7 Å². The van der Waals surface area contributed by atoms with Crippen molar-refractivity contribution in [3.63, 3.8) is 0 Å². The summed E-state index contributed by atoms with van der Waals surface area (Å²) in [5.41, 5.74) is 5.87. The second-order valence-electron chi connectivity index (χ2n) is 4.81. The first-order chi connectivity index (χ1) is 11.0. The van der Waals surface area contributed by atoms with Crippen molar-refractivity contribution in [2.75, 3.05) is 0 Å². The van der Waals surface area contributed by atoms with E-state index in [0.29, 0.717) is 5.16 Å². The SMILES string of the molecule is CCCn1c(SC(C)C(=O)NC(N)=O)nnc1-c1ccncc1. The molecule has 0 saturated carbocycles. The van der Waals surface area contributed by atoms with Crippen LogP contribution in [-0.2, 0) is 11.3 Å². The number of nitrogens with zero attached hydrogens (tertiary/aromatic N) is 4. The maximum absolute atomic E-state index is 11.8. The minimum atomic E-state index is -0.866. The van der Waals surface area contributed by atoms with Crippen LogP contribution in [0, 0.1) is 0 Å². The number of carbonyl (C=O) groups excluding carboxylic acids is 2. The van der Waals surface area contributed by atoms with Crippen LogP contribution in [0.25, 0.3) is 11.4 Å². The van der Waals surface area contributed by atoms with Crippen molar-refractivity contribution >= 4 is 23.7 Å². The van der Waals surface area contributed by atoms with Crippen LogP contribution in [0.1, 0.15) is 20.3 Å². The largest absolute Gasteiger partial charge is 0.351 e. The molecule has 3 N–H and O–H groups in total. The summed E-state index contributed by atoms with van der Waals surface area (Å²) in [6.45, 7) is 4.45. The molecule has 8 nitrogen and oxygen atoms in total. The van der Waals surface area contributed by atoms with Gasteiger partial charge in [0.2, 0.25) is 5.91 Å². The Morgan fingerprint density at radius 2 is 2.04 bits per heavy atom. The molecule has 122 valence electrons. The molecule has 0 saturated heterocycles. The molecule has 2 rings (SSSR count). The van der Waals surface area contributed by atoms with E-state index in [9.17, 15) is 9.59 Å². The number of thioether (sulfide) groups is 1. The molecule has 9 heteroatoms. The van der Waals surface area contributed by atoms with Gasteiger partial charge >= 0.3 is 6.03 Å². The molecule has 1 atom stereocenters. The first-order valence-corrected chi connectivity index (χ1v) is 8.01. The minimum absolute atomic E-state index is 0.459. The van der Waals surface area contributed by atoms with Gasteiger partial charge in [-0.15, -0.1) is 10.2 Å². The van der Waals surface area contributed by atoms with E-state index in [-0.39, 0.29) is 0 Å². The van der Waals surface area contributed by atoms with Crippen molar-refractivity contribution in [3.8, 4) is 11.4 Å². The Kier molecular flexibility index (Phi) is 5.69. The highest BCUT2D eigenvalue weighted by Gasteiger charge is 2.21. The third-order valence-corrected chi connectivity index (χ3v) is 4.08. The molecule has 23 heavy (non-hydrogen) atoms. The van der Waals surface area contributed by atoms with E-state index in [2.05, 4.69) is 20.5 Å². The van der Waals surface area contributed by atoms with Crippen LogP contribution in [0.5, 0.6) is 0 Å². The number of imide groups is 1. The van der Waals surface area contributed by atoms with Gasteiger partial charge in [-0.2, -0.15) is 0 Å². The van der Waals surface area contributed by atoms with Crippen molar-refractivity contribution < 1.29 is 9.59 Å². The molecule has 2 heterocycles. The van der Waals surface area contributed by atoms with Crippen LogP contribution in [0.3, 0.4) is 0 Å². The fourth-order valence-corrected chi connectivity index (χ4v) is 2.83. The normalized spacial score (nSPS) is 11.9. The number of rotatable bonds is 6. The summed E-state index contributed by atoms with van der Waals surface area (Å²) in [5.74, 6) is 0.262. The number of aromatic nitrogens is 4. The average molecular weight is 334 g/mol. The van der Waals surface area contributed by atoms with Gasteiger partial charge in [0.15, 0.2) is 11.0 Å². The van der Waals surface area contributed by atoms with Crippen LogP contribution in [0.4, 0.5) is 4.79 Å². The number of pyridine rings is 1. The fraction of sp³-hybridized carbons (Fsp3) is 0.357. The van der Waals surface area contributed by atoms with E-state index in [1.54, 1.807) is 19.3 Å². The number of hydrogen-bond donors (Lipinski definition) is 2. The zero-order valence-corrected chi connectivity index (χ0v) is 13.7. The third kappa shape index (κ3) is 4.28. The third-order valence-electron chi connectivity index (χ3n) is 3.00. The lowest BCUT2D eigenvalue weighted by molar-refractivity contribution is -0.119. The molecule has 0 radical (unpaired) electrons. The molecular formula is C14H18N6O2S. The Morgan fingerprint density at radius 3 is 2.65 bits per heavy atom. The molecule has 0 aliphatic rings. The van der Waals surface area contributed by atoms with Crippen molar-refractivity contribution in [1.29, 1.82) is 0 Å². The fourth-order valence-electron chi connectivity index (χ4n) is 1.95. The first kappa shape index (κ1) is 16.9. The molecule has 0 bridgehead atoms. The Balaban J connectivity index is 2.24. The number of nitrogens with two attached hydrogens (primary N) is 1. The summed E-state index contributed by atoms with van der Waals surface area (Å²) in [5, 5.41) is 10.6. The highest BCUT2D eigenvalue weighted by Crippen LogP contribution is 2.26. The molecule has 2 aromatic rings. The Labute approximate surface area is 137 Å². The maximum Gasteiger partial charge on any atom is 0.318 e. The highest BCUT2D eigenvalue weighted by atomic mass is 32.2.